The van der Waals surface area contributed by atoms with Gasteiger partial charge in [0.2, 0.25) is 5.91 Å². The first-order chi connectivity index (χ1) is 17.0. The fourth-order valence-corrected chi connectivity index (χ4v) is 3.44. The van der Waals surface area contributed by atoms with E-state index in [0.29, 0.717) is 17.8 Å². The van der Waals surface area contributed by atoms with Gasteiger partial charge in [0, 0.05) is 47.8 Å². The fourth-order valence-electron chi connectivity index (χ4n) is 3.44. The number of rotatable bonds is 4. The maximum absolute atomic E-state index is 12.2. The van der Waals surface area contributed by atoms with E-state index in [1.54, 1.807) is 12.3 Å². The van der Waals surface area contributed by atoms with Crippen molar-refractivity contribution in [1.29, 1.82) is 0 Å². The number of hydrogen-bond acceptors (Lipinski definition) is 4. The lowest BCUT2D eigenvalue weighted by Crippen LogP contribution is -2.31. The topological polar surface area (TPSA) is 124 Å². The number of pyridine rings is 1. The SMILES string of the molecule is CC(C)=CC(=O)Nc1ccccc1-c1cc(-c2cc3c([nH]2)CCNC3=O)ccn1.O=C(O)C(F)(F)F. The Hall–Kier alpha value is -4.41. The van der Waals surface area contributed by atoms with E-state index < -0.39 is 12.1 Å². The number of para-hydroxylation sites is 1. The van der Waals surface area contributed by atoms with Gasteiger partial charge in [-0.2, -0.15) is 13.2 Å². The summed E-state index contributed by atoms with van der Waals surface area (Å²) < 4.78 is 31.7. The van der Waals surface area contributed by atoms with Crippen LogP contribution in [0.15, 0.2) is 60.3 Å². The van der Waals surface area contributed by atoms with Crippen molar-refractivity contribution >= 4 is 23.5 Å². The quantitative estimate of drug-likeness (QED) is 0.391. The van der Waals surface area contributed by atoms with Crippen LogP contribution in [-0.4, -0.2) is 45.6 Å². The molecule has 0 bridgehead atoms. The number of carboxylic acid groups (broad SMARTS) is 1. The molecule has 1 aliphatic heterocycles. The van der Waals surface area contributed by atoms with Crippen LogP contribution in [0.1, 0.15) is 29.9 Å². The molecular formula is C25H23F3N4O4. The minimum Gasteiger partial charge on any atom is -0.475 e. The molecule has 3 aromatic rings. The molecule has 0 spiro atoms. The number of halogens is 3. The van der Waals surface area contributed by atoms with Gasteiger partial charge < -0.3 is 20.7 Å². The van der Waals surface area contributed by atoms with Gasteiger partial charge in [0.05, 0.1) is 16.9 Å². The van der Waals surface area contributed by atoms with Gasteiger partial charge in [-0.3, -0.25) is 14.6 Å². The molecule has 1 aromatic carbocycles. The molecule has 0 atom stereocenters. The van der Waals surface area contributed by atoms with Crippen LogP contribution in [0.2, 0.25) is 0 Å². The number of benzene rings is 1. The van der Waals surface area contributed by atoms with E-state index in [1.807, 2.05) is 56.3 Å². The van der Waals surface area contributed by atoms with Crippen molar-refractivity contribution in [1.82, 2.24) is 15.3 Å². The maximum atomic E-state index is 12.2. The molecule has 8 nitrogen and oxygen atoms in total. The average molecular weight is 500 g/mol. The molecule has 0 saturated carbocycles. The highest BCUT2D eigenvalue weighted by Crippen LogP contribution is 2.30. The maximum Gasteiger partial charge on any atom is 0.490 e. The van der Waals surface area contributed by atoms with E-state index in [2.05, 4.69) is 20.6 Å². The summed E-state index contributed by atoms with van der Waals surface area (Å²) >= 11 is 0. The van der Waals surface area contributed by atoms with Crippen LogP contribution < -0.4 is 10.6 Å². The molecule has 0 unspecified atom stereocenters. The Balaban J connectivity index is 0.000000454. The second kappa shape index (κ2) is 10.9. The molecule has 3 heterocycles. The van der Waals surface area contributed by atoms with Crippen LogP contribution in [0.3, 0.4) is 0 Å². The first-order valence-corrected chi connectivity index (χ1v) is 10.8. The number of aromatic nitrogens is 2. The highest BCUT2D eigenvalue weighted by molar-refractivity contribution is 6.02. The molecule has 188 valence electrons. The predicted molar refractivity (Wildman–Crippen MR) is 127 cm³/mol. The van der Waals surface area contributed by atoms with Gasteiger partial charge >= 0.3 is 12.1 Å². The normalized spacial score (nSPS) is 12.4. The molecule has 4 rings (SSSR count). The summed E-state index contributed by atoms with van der Waals surface area (Å²) in [6.45, 7) is 4.41. The van der Waals surface area contributed by atoms with Gasteiger partial charge in [0.25, 0.3) is 5.91 Å². The third-order valence-corrected chi connectivity index (χ3v) is 5.00. The van der Waals surface area contributed by atoms with E-state index in [-0.39, 0.29) is 11.8 Å². The van der Waals surface area contributed by atoms with Crippen LogP contribution in [0.25, 0.3) is 22.5 Å². The number of alkyl halides is 3. The Kier molecular flexibility index (Phi) is 7.93. The number of fused-ring (bicyclic) bond motifs is 1. The lowest BCUT2D eigenvalue weighted by Gasteiger charge is -2.11. The predicted octanol–water partition coefficient (Wildman–Crippen LogP) is 4.57. The number of carbonyl (C=O) groups is 3. The van der Waals surface area contributed by atoms with Crippen molar-refractivity contribution < 1.29 is 32.7 Å². The van der Waals surface area contributed by atoms with Crippen LogP contribution in [0, 0.1) is 0 Å². The number of amides is 2. The second-order valence-electron chi connectivity index (χ2n) is 8.07. The number of H-pyrrole nitrogens is 1. The van der Waals surface area contributed by atoms with Gasteiger partial charge in [-0.15, -0.1) is 0 Å². The standard InChI is InChI=1S/C23H22N4O2.C2HF3O2/c1-14(2)11-22(28)27-18-6-4-3-5-16(18)21-12-15(7-9-24-21)20-13-17-19(26-20)8-10-25-23(17)29;3-2(4,5)1(6)7/h3-7,9,11-13,26H,8,10H2,1-2H3,(H,25,29)(H,27,28);(H,6,7). The number of aliphatic carboxylic acids is 1. The van der Waals surface area contributed by atoms with Gasteiger partial charge in [0.1, 0.15) is 0 Å². The first kappa shape index (κ1) is 26.2. The van der Waals surface area contributed by atoms with Crippen molar-refractivity contribution in [3.63, 3.8) is 0 Å². The summed E-state index contributed by atoms with van der Waals surface area (Å²) in [7, 11) is 0. The summed E-state index contributed by atoms with van der Waals surface area (Å²) in [4.78, 5) is 41.0. The number of carboxylic acids is 1. The van der Waals surface area contributed by atoms with Crippen molar-refractivity contribution in [2.75, 3.05) is 11.9 Å². The molecule has 11 heteroatoms. The van der Waals surface area contributed by atoms with Crippen molar-refractivity contribution in [2.45, 2.75) is 26.4 Å². The van der Waals surface area contributed by atoms with E-state index in [4.69, 9.17) is 9.90 Å². The molecule has 0 radical (unpaired) electrons. The van der Waals surface area contributed by atoms with Gasteiger partial charge in [-0.1, -0.05) is 23.8 Å². The molecule has 0 saturated heterocycles. The van der Waals surface area contributed by atoms with E-state index in [9.17, 15) is 22.8 Å². The third-order valence-electron chi connectivity index (χ3n) is 5.00. The van der Waals surface area contributed by atoms with Crippen molar-refractivity contribution in [3.05, 3.63) is 71.6 Å². The summed E-state index contributed by atoms with van der Waals surface area (Å²) in [5, 5.41) is 12.9. The molecule has 36 heavy (non-hydrogen) atoms. The Bertz CT molecular complexity index is 1320. The molecule has 2 amide bonds. The zero-order valence-corrected chi connectivity index (χ0v) is 19.4. The van der Waals surface area contributed by atoms with Crippen molar-refractivity contribution in [3.8, 4) is 22.5 Å². The fraction of sp³-hybridized carbons (Fsp3) is 0.200. The molecule has 1 aliphatic rings. The molecule has 4 N–H and O–H groups in total. The van der Waals surface area contributed by atoms with E-state index in [1.165, 1.54) is 0 Å². The molecule has 0 fully saturated rings. The Labute approximate surface area is 204 Å². The average Bonchev–Trinajstić information content (AvgIpc) is 3.25. The number of anilines is 1. The lowest BCUT2D eigenvalue weighted by atomic mass is 10.0. The van der Waals surface area contributed by atoms with Crippen molar-refractivity contribution in [2.24, 2.45) is 0 Å². The number of aromatic amines is 1. The summed E-state index contributed by atoms with van der Waals surface area (Å²) in [6, 6.07) is 13.3. The van der Waals surface area contributed by atoms with Gasteiger partial charge in [-0.25, -0.2) is 4.79 Å². The van der Waals surface area contributed by atoms with Crippen LogP contribution >= 0.6 is 0 Å². The highest BCUT2D eigenvalue weighted by atomic mass is 19.4. The Morgan fingerprint density at radius 3 is 2.44 bits per heavy atom. The second-order valence-corrected chi connectivity index (χ2v) is 8.07. The van der Waals surface area contributed by atoms with E-state index in [0.717, 1.165) is 40.2 Å². The van der Waals surface area contributed by atoms with Crippen LogP contribution in [0.4, 0.5) is 18.9 Å². The lowest BCUT2D eigenvalue weighted by molar-refractivity contribution is -0.192. The number of carbonyl (C=O) groups excluding carboxylic acids is 2. The number of nitrogens with one attached hydrogen (secondary N) is 3. The van der Waals surface area contributed by atoms with Crippen LogP contribution in [-0.2, 0) is 16.0 Å². The Morgan fingerprint density at radius 1 is 1.11 bits per heavy atom. The number of nitrogens with zero attached hydrogens (tertiary/aromatic N) is 1. The summed E-state index contributed by atoms with van der Waals surface area (Å²) in [5.74, 6) is -2.97. The Morgan fingerprint density at radius 2 is 1.81 bits per heavy atom. The minimum absolute atomic E-state index is 0.0460. The molecular weight excluding hydrogens is 477 g/mol. The zero-order valence-electron chi connectivity index (χ0n) is 19.4. The monoisotopic (exact) mass is 500 g/mol. The third kappa shape index (κ3) is 6.59. The summed E-state index contributed by atoms with van der Waals surface area (Å²) in [6.07, 6.45) is -0.993. The minimum atomic E-state index is -5.08. The van der Waals surface area contributed by atoms with E-state index >= 15 is 0 Å². The van der Waals surface area contributed by atoms with Gasteiger partial charge in [-0.05, 0) is 38.1 Å². The highest BCUT2D eigenvalue weighted by Gasteiger charge is 2.38. The van der Waals surface area contributed by atoms with Crippen LogP contribution in [0.5, 0.6) is 0 Å². The number of allylic oxidation sites excluding steroid dienone is 1. The molecule has 0 aliphatic carbocycles. The largest absolute Gasteiger partial charge is 0.490 e. The molecule has 2 aromatic heterocycles. The number of hydrogen-bond donors (Lipinski definition) is 4. The summed E-state index contributed by atoms with van der Waals surface area (Å²) in [5.41, 5.74) is 6.66. The zero-order chi connectivity index (χ0) is 26.5. The first-order valence-electron chi connectivity index (χ1n) is 10.8. The van der Waals surface area contributed by atoms with Gasteiger partial charge in [0.15, 0.2) is 0 Å². The smallest absolute Gasteiger partial charge is 0.475 e.